The number of nitrogens with one attached hydrogen (secondary N) is 2. The molecule has 3 aromatic rings. The summed E-state index contributed by atoms with van der Waals surface area (Å²) >= 11 is 2.41. The fourth-order valence-electron chi connectivity index (χ4n) is 2.41. The molecule has 0 aliphatic carbocycles. The molecule has 3 amide bonds. The Kier molecular flexibility index (Phi) is 5.76. The zero-order chi connectivity index (χ0) is 20.3. The molecule has 0 radical (unpaired) electrons. The van der Waals surface area contributed by atoms with Crippen molar-refractivity contribution in [1.82, 2.24) is 0 Å². The molecule has 0 aliphatic heterocycles. The summed E-state index contributed by atoms with van der Waals surface area (Å²) in [6.07, 6.45) is 0. The number of carbonyl (C=O) groups excluding carboxylic acids is 3. The molecule has 3 rings (SSSR count). The molecule has 0 fully saturated rings. The molecule has 7 nitrogen and oxygen atoms in total. The van der Waals surface area contributed by atoms with Crippen molar-refractivity contribution in [2.75, 3.05) is 17.7 Å². The van der Waals surface area contributed by atoms with Gasteiger partial charge in [0.05, 0.1) is 22.6 Å². The van der Waals surface area contributed by atoms with Gasteiger partial charge in [0.15, 0.2) is 0 Å². The summed E-state index contributed by atoms with van der Waals surface area (Å²) in [6.45, 7) is 1.82. The molecular formula is C19H17N3O4S2. The van der Waals surface area contributed by atoms with E-state index in [9.17, 15) is 14.4 Å². The van der Waals surface area contributed by atoms with Gasteiger partial charge in [-0.15, -0.1) is 22.7 Å². The summed E-state index contributed by atoms with van der Waals surface area (Å²) in [5.74, 6) is -0.607. The first kappa shape index (κ1) is 19.6. The highest BCUT2D eigenvalue weighted by Crippen LogP contribution is 2.29. The van der Waals surface area contributed by atoms with Gasteiger partial charge >= 0.3 is 0 Å². The Labute approximate surface area is 169 Å². The van der Waals surface area contributed by atoms with Gasteiger partial charge < -0.3 is 21.1 Å². The number of rotatable bonds is 6. The van der Waals surface area contributed by atoms with Gasteiger partial charge in [-0.3, -0.25) is 14.4 Å². The maximum atomic E-state index is 12.5. The molecule has 0 bridgehead atoms. The van der Waals surface area contributed by atoms with Crippen LogP contribution in [0.1, 0.15) is 35.3 Å². The number of amides is 3. The second kappa shape index (κ2) is 8.24. The van der Waals surface area contributed by atoms with Gasteiger partial charge in [-0.25, -0.2) is 0 Å². The summed E-state index contributed by atoms with van der Waals surface area (Å²) in [5, 5.41) is 6.40. The van der Waals surface area contributed by atoms with Crippen molar-refractivity contribution in [1.29, 1.82) is 0 Å². The number of primary amides is 1. The van der Waals surface area contributed by atoms with Gasteiger partial charge in [0.1, 0.15) is 10.8 Å². The molecule has 28 heavy (non-hydrogen) atoms. The van der Waals surface area contributed by atoms with Gasteiger partial charge in [0.25, 0.3) is 17.7 Å². The van der Waals surface area contributed by atoms with Crippen LogP contribution in [0.4, 0.5) is 10.0 Å². The molecule has 0 atom stereocenters. The maximum Gasteiger partial charge on any atom is 0.266 e. The first-order chi connectivity index (χ1) is 13.4. The molecule has 1 aromatic carbocycles. The van der Waals surface area contributed by atoms with Gasteiger partial charge in [-0.05, 0) is 49.4 Å². The predicted molar refractivity (Wildman–Crippen MR) is 111 cm³/mol. The minimum absolute atomic E-state index is 0.278. The number of hydrogen-bond acceptors (Lipinski definition) is 6. The fourth-order valence-corrected chi connectivity index (χ4v) is 4.12. The second-order valence-corrected chi connectivity index (χ2v) is 8.10. The molecule has 0 saturated carbocycles. The Morgan fingerprint density at radius 3 is 2.32 bits per heavy atom. The molecule has 144 valence electrons. The van der Waals surface area contributed by atoms with E-state index < -0.39 is 5.91 Å². The SMILES string of the molecule is COc1ccc(C(=O)Nc2ccc(C(=O)Nc3sc(C)cc3C(N)=O)s2)cc1. The van der Waals surface area contributed by atoms with Gasteiger partial charge in [-0.2, -0.15) is 0 Å². The molecule has 0 spiro atoms. The lowest BCUT2D eigenvalue weighted by atomic mass is 10.2. The number of carbonyl (C=O) groups is 3. The molecule has 2 aromatic heterocycles. The average Bonchev–Trinajstić information content (AvgIpc) is 3.28. The van der Waals surface area contributed by atoms with Crippen molar-refractivity contribution < 1.29 is 19.1 Å². The van der Waals surface area contributed by atoms with Crippen LogP contribution in [-0.4, -0.2) is 24.8 Å². The van der Waals surface area contributed by atoms with Gasteiger partial charge in [-0.1, -0.05) is 0 Å². The first-order valence-electron chi connectivity index (χ1n) is 8.14. The zero-order valence-corrected chi connectivity index (χ0v) is 16.7. The minimum atomic E-state index is -0.599. The van der Waals surface area contributed by atoms with E-state index in [4.69, 9.17) is 10.5 Å². The highest BCUT2D eigenvalue weighted by atomic mass is 32.1. The monoisotopic (exact) mass is 415 g/mol. The quantitative estimate of drug-likeness (QED) is 0.570. The number of hydrogen-bond donors (Lipinski definition) is 3. The van der Waals surface area contributed by atoms with E-state index in [-0.39, 0.29) is 17.4 Å². The largest absolute Gasteiger partial charge is 0.497 e. The molecule has 2 heterocycles. The topological polar surface area (TPSA) is 111 Å². The Bertz CT molecular complexity index is 1040. The average molecular weight is 415 g/mol. The van der Waals surface area contributed by atoms with Crippen molar-refractivity contribution in [3.8, 4) is 5.75 Å². The van der Waals surface area contributed by atoms with Crippen LogP contribution in [0.25, 0.3) is 0 Å². The van der Waals surface area contributed by atoms with Gasteiger partial charge in [0.2, 0.25) is 0 Å². The smallest absolute Gasteiger partial charge is 0.266 e. The van der Waals surface area contributed by atoms with Crippen LogP contribution in [0.15, 0.2) is 42.5 Å². The van der Waals surface area contributed by atoms with E-state index in [0.29, 0.717) is 26.2 Å². The summed E-state index contributed by atoms with van der Waals surface area (Å²) < 4.78 is 5.07. The normalized spacial score (nSPS) is 10.4. The third kappa shape index (κ3) is 4.38. The number of thiophene rings is 2. The van der Waals surface area contributed by atoms with Crippen LogP contribution in [0.2, 0.25) is 0 Å². The lowest BCUT2D eigenvalue weighted by Crippen LogP contribution is -2.15. The lowest BCUT2D eigenvalue weighted by Gasteiger charge is -2.04. The van der Waals surface area contributed by atoms with Crippen LogP contribution in [-0.2, 0) is 0 Å². The zero-order valence-electron chi connectivity index (χ0n) is 15.1. The number of benzene rings is 1. The summed E-state index contributed by atoms with van der Waals surface area (Å²) in [6, 6.07) is 11.6. The van der Waals surface area contributed by atoms with Crippen LogP contribution in [0.5, 0.6) is 5.75 Å². The number of anilines is 2. The molecular weight excluding hydrogens is 398 g/mol. The number of aryl methyl sites for hydroxylation is 1. The summed E-state index contributed by atoms with van der Waals surface area (Å²) in [5.41, 5.74) is 6.09. The maximum absolute atomic E-state index is 12.5. The van der Waals surface area contributed by atoms with Crippen molar-refractivity contribution >= 4 is 50.4 Å². The standard InChI is InChI=1S/C19H17N3O4S2/c1-10-9-13(16(20)23)19(27-10)22-18(25)14-7-8-15(28-14)21-17(24)11-3-5-12(26-2)6-4-11/h3-9H,1-2H3,(H2,20,23)(H,21,24)(H,22,25). The third-order valence-corrected chi connectivity index (χ3v) is 5.73. The summed E-state index contributed by atoms with van der Waals surface area (Å²) in [7, 11) is 1.55. The van der Waals surface area contributed by atoms with Gasteiger partial charge in [0, 0.05) is 10.4 Å². The second-order valence-electron chi connectivity index (χ2n) is 5.76. The van der Waals surface area contributed by atoms with Crippen molar-refractivity contribution in [2.24, 2.45) is 5.73 Å². The third-order valence-electron chi connectivity index (χ3n) is 3.77. The summed E-state index contributed by atoms with van der Waals surface area (Å²) in [4.78, 5) is 37.5. The van der Waals surface area contributed by atoms with E-state index >= 15 is 0 Å². The number of methoxy groups -OCH3 is 1. The predicted octanol–water partition coefficient (Wildman–Crippen LogP) is 3.73. The Hall–Kier alpha value is -3.17. The van der Waals surface area contributed by atoms with Crippen molar-refractivity contribution in [2.45, 2.75) is 6.92 Å². The Morgan fingerprint density at radius 1 is 0.964 bits per heavy atom. The fraction of sp³-hybridized carbons (Fsp3) is 0.105. The molecule has 0 aliphatic rings. The Balaban J connectivity index is 1.68. The van der Waals surface area contributed by atoms with E-state index in [2.05, 4.69) is 10.6 Å². The van der Waals surface area contributed by atoms with Crippen LogP contribution in [0, 0.1) is 6.92 Å². The molecule has 4 N–H and O–H groups in total. The highest BCUT2D eigenvalue weighted by Gasteiger charge is 2.17. The van der Waals surface area contributed by atoms with Crippen LogP contribution < -0.4 is 21.1 Å². The van der Waals surface area contributed by atoms with E-state index in [0.717, 1.165) is 16.2 Å². The van der Waals surface area contributed by atoms with Crippen LogP contribution >= 0.6 is 22.7 Å². The van der Waals surface area contributed by atoms with Crippen molar-refractivity contribution in [3.05, 3.63) is 63.3 Å². The van der Waals surface area contributed by atoms with Crippen molar-refractivity contribution in [3.63, 3.8) is 0 Å². The Morgan fingerprint density at radius 2 is 1.68 bits per heavy atom. The van der Waals surface area contributed by atoms with E-state index in [1.54, 1.807) is 49.6 Å². The molecule has 0 unspecified atom stereocenters. The molecule has 9 heteroatoms. The highest BCUT2D eigenvalue weighted by molar-refractivity contribution is 7.19. The number of nitrogens with two attached hydrogens (primary N) is 1. The lowest BCUT2D eigenvalue weighted by molar-refractivity contribution is 0.0998. The van der Waals surface area contributed by atoms with E-state index in [1.807, 2.05) is 6.92 Å². The number of ether oxygens (including phenoxy) is 1. The van der Waals surface area contributed by atoms with Crippen LogP contribution in [0.3, 0.4) is 0 Å². The molecule has 0 saturated heterocycles. The first-order valence-corrected chi connectivity index (χ1v) is 9.77. The minimum Gasteiger partial charge on any atom is -0.497 e. The van der Waals surface area contributed by atoms with E-state index in [1.165, 1.54) is 11.3 Å².